The van der Waals surface area contributed by atoms with E-state index in [1.807, 2.05) is 51.1 Å². The lowest BCUT2D eigenvalue weighted by Crippen LogP contribution is -2.21. The Morgan fingerprint density at radius 1 is 1.02 bits per heavy atom. The lowest BCUT2D eigenvalue weighted by Gasteiger charge is -2.27. The van der Waals surface area contributed by atoms with Gasteiger partial charge in [0.2, 0.25) is 11.6 Å². The minimum Gasteiger partial charge on any atom is -0.493 e. The summed E-state index contributed by atoms with van der Waals surface area (Å²) in [5.74, 6) is 0.818. The van der Waals surface area contributed by atoms with Gasteiger partial charge < -0.3 is 29.1 Å². The van der Waals surface area contributed by atoms with Crippen LogP contribution in [-0.4, -0.2) is 19.7 Å². The van der Waals surface area contributed by atoms with Crippen molar-refractivity contribution in [3.63, 3.8) is 0 Å². The second kappa shape index (κ2) is 11.9. The van der Waals surface area contributed by atoms with Crippen LogP contribution in [0.2, 0.25) is 0 Å². The number of carbonyl (C=O) groups excluding carboxylic acids is 1. The molecule has 0 spiro atoms. The van der Waals surface area contributed by atoms with Crippen molar-refractivity contribution in [3.8, 4) is 29.1 Å². The van der Waals surface area contributed by atoms with E-state index in [0.29, 0.717) is 40.6 Å². The second-order valence-electron chi connectivity index (χ2n) is 10.5. The molecule has 42 heavy (non-hydrogen) atoms. The Hall–Kier alpha value is -4.90. The molecule has 1 aromatic heterocycles. The molecule has 0 fully saturated rings. The third-order valence-electron chi connectivity index (χ3n) is 7.67. The van der Waals surface area contributed by atoms with E-state index in [1.165, 1.54) is 0 Å². The Bertz CT molecular complexity index is 1740. The maximum Gasteiger partial charge on any atom is 0.379 e. The van der Waals surface area contributed by atoms with Gasteiger partial charge in [0.15, 0.2) is 11.5 Å². The van der Waals surface area contributed by atoms with E-state index in [-0.39, 0.29) is 23.0 Å². The normalized spacial score (nSPS) is 14.2. The van der Waals surface area contributed by atoms with Crippen molar-refractivity contribution in [1.82, 2.24) is 0 Å². The van der Waals surface area contributed by atoms with Crippen LogP contribution >= 0.6 is 0 Å². The zero-order valence-corrected chi connectivity index (χ0v) is 24.5. The number of ether oxygens (including phenoxy) is 4. The fourth-order valence-electron chi connectivity index (χ4n) is 5.18. The number of hydrogen-bond donors (Lipinski definition) is 1. The Morgan fingerprint density at radius 2 is 1.81 bits per heavy atom. The summed E-state index contributed by atoms with van der Waals surface area (Å²) in [5, 5.41) is 10.9. The molecule has 0 saturated heterocycles. The first-order valence-corrected chi connectivity index (χ1v) is 14.0. The van der Waals surface area contributed by atoms with Gasteiger partial charge in [0.25, 0.3) is 0 Å². The van der Waals surface area contributed by atoms with Crippen LogP contribution in [0.5, 0.6) is 23.0 Å². The van der Waals surface area contributed by atoms with Crippen LogP contribution in [0.1, 0.15) is 70.5 Å². The largest absolute Gasteiger partial charge is 0.493 e. The summed E-state index contributed by atoms with van der Waals surface area (Å²) >= 11 is 0. The number of rotatable bonds is 9. The molecule has 0 bridgehead atoms. The highest BCUT2D eigenvalue weighted by Gasteiger charge is 2.32. The van der Waals surface area contributed by atoms with Crippen molar-refractivity contribution in [1.29, 1.82) is 5.26 Å². The molecule has 1 aliphatic heterocycles. The minimum absolute atomic E-state index is 0.0174. The smallest absolute Gasteiger partial charge is 0.379 e. The number of nitrogens with two attached hydrogens (primary N) is 1. The summed E-state index contributed by atoms with van der Waals surface area (Å²) < 4.78 is 29.0. The van der Waals surface area contributed by atoms with Crippen LogP contribution in [0.3, 0.4) is 0 Å². The number of carbonyl (C=O) groups is 1. The molecule has 2 N–H and O–H groups in total. The van der Waals surface area contributed by atoms with Crippen molar-refractivity contribution in [2.75, 3.05) is 13.7 Å². The minimum atomic E-state index is -0.619. The van der Waals surface area contributed by atoms with Gasteiger partial charge in [0, 0.05) is 22.6 Å². The number of benzene rings is 3. The fraction of sp³-hybridized carbons (Fsp3) is 0.294. The van der Waals surface area contributed by atoms with Gasteiger partial charge in [0.1, 0.15) is 28.7 Å². The maximum absolute atomic E-state index is 13.1. The predicted octanol–water partition coefficient (Wildman–Crippen LogP) is 7.37. The topological polar surface area (TPSA) is 117 Å². The van der Waals surface area contributed by atoms with E-state index in [4.69, 9.17) is 29.1 Å². The number of nitriles is 1. The molecule has 216 valence electrons. The van der Waals surface area contributed by atoms with Crippen LogP contribution in [-0.2, 0) is 0 Å². The number of hydrogen-bond acceptors (Lipinski definition) is 8. The molecule has 3 aromatic carbocycles. The molecule has 1 atom stereocenters. The highest BCUT2D eigenvalue weighted by atomic mass is 16.5. The summed E-state index contributed by atoms with van der Waals surface area (Å²) in [6.07, 6.45) is 3.14. The first kappa shape index (κ1) is 28.6. The number of methoxy groups -OCH3 is 1. The first-order chi connectivity index (χ1) is 20.2. The van der Waals surface area contributed by atoms with E-state index in [9.17, 15) is 10.1 Å². The SMILES string of the molecule is CCCCCOc1ccc(C2C(C#N)=C(N)Oc3cc(OC(=O)c4oc5cc(C)c(C)cc5c4C)ccc32)cc1OC. The van der Waals surface area contributed by atoms with E-state index in [1.54, 1.807) is 25.3 Å². The van der Waals surface area contributed by atoms with Gasteiger partial charge in [-0.2, -0.15) is 5.26 Å². The van der Waals surface area contributed by atoms with Crippen molar-refractivity contribution >= 4 is 16.9 Å². The zero-order valence-electron chi connectivity index (χ0n) is 24.5. The van der Waals surface area contributed by atoms with Crippen LogP contribution in [0.25, 0.3) is 11.0 Å². The fourth-order valence-corrected chi connectivity index (χ4v) is 5.18. The number of aryl methyl sites for hydroxylation is 3. The lowest BCUT2D eigenvalue weighted by molar-refractivity contribution is 0.0702. The number of allylic oxidation sites excluding steroid dienone is 1. The molecule has 0 saturated carbocycles. The van der Waals surface area contributed by atoms with Crippen LogP contribution < -0.4 is 24.7 Å². The Labute approximate surface area is 245 Å². The lowest BCUT2D eigenvalue weighted by atomic mass is 9.83. The van der Waals surface area contributed by atoms with Crippen LogP contribution in [0.4, 0.5) is 0 Å². The molecule has 8 heteroatoms. The quantitative estimate of drug-likeness (QED) is 0.127. The number of unbranched alkanes of at least 4 members (excludes halogenated alkanes) is 2. The van der Waals surface area contributed by atoms with E-state index < -0.39 is 11.9 Å². The number of fused-ring (bicyclic) bond motifs is 2. The number of furan rings is 1. The predicted molar refractivity (Wildman–Crippen MR) is 159 cm³/mol. The Morgan fingerprint density at radius 3 is 2.55 bits per heavy atom. The van der Waals surface area contributed by atoms with Gasteiger partial charge in [-0.25, -0.2) is 4.79 Å². The molecular weight excluding hydrogens is 532 g/mol. The highest BCUT2D eigenvalue weighted by molar-refractivity contribution is 5.97. The number of nitrogens with zero attached hydrogens (tertiary/aromatic N) is 1. The molecule has 1 unspecified atom stereocenters. The molecule has 2 heterocycles. The van der Waals surface area contributed by atoms with Gasteiger partial charge in [-0.05, 0) is 74.2 Å². The van der Waals surface area contributed by atoms with Gasteiger partial charge in [-0.1, -0.05) is 31.9 Å². The van der Waals surface area contributed by atoms with E-state index in [2.05, 4.69) is 13.0 Å². The van der Waals surface area contributed by atoms with Gasteiger partial charge >= 0.3 is 5.97 Å². The van der Waals surface area contributed by atoms with Gasteiger partial charge in [0.05, 0.1) is 19.6 Å². The molecule has 1 aliphatic rings. The van der Waals surface area contributed by atoms with Crippen molar-refractivity contribution < 1.29 is 28.2 Å². The molecule has 4 aromatic rings. The maximum atomic E-state index is 13.1. The van der Waals surface area contributed by atoms with Crippen molar-refractivity contribution in [3.05, 3.63) is 93.6 Å². The van der Waals surface area contributed by atoms with Gasteiger partial charge in [-0.3, -0.25) is 0 Å². The molecule has 5 rings (SSSR count). The monoisotopic (exact) mass is 566 g/mol. The average Bonchev–Trinajstić information content (AvgIpc) is 3.29. The molecule has 0 aliphatic carbocycles. The molecule has 0 amide bonds. The third-order valence-corrected chi connectivity index (χ3v) is 7.67. The molecule has 8 nitrogen and oxygen atoms in total. The standard InChI is InChI=1S/C34H34N2O6/c1-6-7-8-13-39-27-12-9-22(16-30(27)38-5)31-24-11-10-23(17-29(24)42-33(36)26(31)18-35)40-34(37)32-21(4)25-14-19(2)20(3)15-28(25)41-32/h9-12,14-17,31H,6-8,13,36H2,1-5H3. The second-order valence-corrected chi connectivity index (χ2v) is 10.5. The van der Waals surface area contributed by atoms with Gasteiger partial charge in [-0.15, -0.1) is 0 Å². The Balaban J connectivity index is 1.44. The Kier molecular flexibility index (Phi) is 8.12. The van der Waals surface area contributed by atoms with Crippen LogP contribution in [0.15, 0.2) is 64.4 Å². The summed E-state index contributed by atoms with van der Waals surface area (Å²) in [7, 11) is 1.58. The molecule has 0 radical (unpaired) electrons. The summed E-state index contributed by atoms with van der Waals surface area (Å²) in [5.41, 5.74) is 11.5. The van der Waals surface area contributed by atoms with Crippen LogP contribution in [0, 0.1) is 32.1 Å². The first-order valence-electron chi connectivity index (χ1n) is 14.0. The highest BCUT2D eigenvalue weighted by Crippen LogP contribution is 2.45. The van der Waals surface area contributed by atoms with E-state index in [0.717, 1.165) is 41.3 Å². The van der Waals surface area contributed by atoms with Crippen molar-refractivity contribution in [2.24, 2.45) is 5.73 Å². The third kappa shape index (κ3) is 5.38. The zero-order chi connectivity index (χ0) is 30.0. The van der Waals surface area contributed by atoms with E-state index >= 15 is 0 Å². The summed E-state index contributed by atoms with van der Waals surface area (Å²) in [4.78, 5) is 13.1. The van der Waals surface area contributed by atoms with Crippen molar-refractivity contribution in [2.45, 2.75) is 52.9 Å². The average molecular weight is 567 g/mol. The molecular formula is C34H34N2O6. The summed E-state index contributed by atoms with van der Waals surface area (Å²) in [6, 6.07) is 16.7. The number of esters is 1. The summed E-state index contributed by atoms with van der Waals surface area (Å²) in [6.45, 7) is 8.58.